The molecule has 3 amide bonds. The standard InChI is InChI=1S/C26H30N4O3/c1-26-14-11-24(32)30(26)22-10-6-5-9-21(22)25(33)29(26)16-13-23(31)27-17-19-12-15-28(18-19)20-7-3-2-4-8-20/h2-10,19H,11-18H2,1H3,(H,27,31)/t19-,26-/m0/s1. The lowest BCUT2D eigenvalue weighted by atomic mass is 9.98. The molecule has 0 spiro atoms. The fourth-order valence-electron chi connectivity index (χ4n) is 5.47. The Labute approximate surface area is 194 Å². The Balaban J connectivity index is 1.19. The highest BCUT2D eigenvalue weighted by molar-refractivity contribution is 6.10. The maximum atomic E-state index is 13.3. The van der Waals surface area contributed by atoms with Gasteiger partial charge in [0.2, 0.25) is 11.8 Å². The molecular weight excluding hydrogens is 416 g/mol. The van der Waals surface area contributed by atoms with Crippen LogP contribution in [-0.2, 0) is 9.59 Å². The summed E-state index contributed by atoms with van der Waals surface area (Å²) in [7, 11) is 0. The molecular formula is C26H30N4O3. The Morgan fingerprint density at radius 3 is 2.67 bits per heavy atom. The van der Waals surface area contributed by atoms with E-state index in [4.69, 9.17) is 0 Å². The number of hydrogen-bond acceptors (Lipinski definition) is 4. The predicted octanol–water partition coefficient (Wildman–Crippen LogP) is 3.02. The second kappa shape index (κ2) is 8.54. The van der Waals surface area contributed by atoms with Gasteiger partial charge in [-0.1, -0.05) is 30.3 Å². The van der Waals surface area contributed by atoms with Crippen LogP contribution in [-0.4, -0.2) is 54.5 Å². The third kappa shape index (κ3) is 3.86. The second-order valence-corrected chi connectivity index (χ2v) is 9.41. The van der Waals surface area contributed by atoms with Crippen molar-refractivity contribution in [1.29, 1.82) is 0 Å². The number of rotatable bonds is 6. The van der Waals surface area contributed by atoms with Crippen molar-refractivity contribution in [2.75, 3.05) is 36.0 Å². The second-order valence-electron chi connectivity index (χ2n) is 9.41. The van der Waals surface area contributed by atoms with Crippen LogP contribution in [0, 0.1) is 5.92 Å². The lowest BCUT2D eigenvalue weighted by Gasteiger charge is -2.48. The number of fused-ring (bicyclic) bond motifs is 3. The van der Waals surface area contributed by atoms with Gasteiger partial charge in [-0.15, -0.1) is 0 Å². The zero-order chi connectivity index (χ0) is 23.0. The number of amides is 3. The molecule has 33 heavy (non-hydrogen) atoms. The summed E-state index contributed by atoms with van der Waals surface area (Å²) < 4.78 is 0. The minimum absolute atomic E-state index is 0.0242. The van der Waals surface area contributed by atoms with Crippen molar-refractivity contribution in [2.45, 2.75) is 38.3 Å². The topological polar surface area (TPSA) is 73.0 Å². The molecule has 3 aliphatic rings. The first-order chi connectivity index (χ1) is 16.0. The van der Waals surface area contributed by atoms with Gasteiger partial charge in [-0.3, -0.25) is 19.3 Å². The van der Waals surface area contributed by atoms with E-state index in [2.05, 4.69) is 22.3 Å². The molecule has 0 bridgehead atoms. The number of nitrogens with zero attached hydrogens (tertiary/aromatic N) is 3. The number of nitrogens with one attached hydrogen (secondary N) is 1. The third-order valence-electron chi connectivity index (χ3n) is 7.30. The highest BCUT2D eigenvalue weighted by Crippen LogP contribution is 2.43. The Kier molecular flexibility index (Phi) is 5.56. The number of carbonyl (C=O) groups is 3. The largest absolute Gasteiger partial charge is 0.371 e. The summed E-state index contributed by atoms with van der Waals surface area (Å²) >= 11 is 0. The van der Waals surface area contributed by atoms with E-state index in [1.54, 1.807) is 15.9 Å². The van der Waals surface area contributed by atoms with E-state index in [0.29, 0.717) is 43.1 Å². The molecule has 0 unspecified atom stereocenters. The van der Waals surface area contributed by atoms with Gasteiger partial charge in [0.15, 0.2) is 0 Å². The molecule has 7 heteroatoms. The molecule has 1 N–H and O–H groups in total. The van der Waals surface area contributed by atoms with Gasteiger partial charge in [-0.25, -0.2) is 0 Å². The van der Waals surface area contributed by atoms with Gasteiger partial charge in [0.25, 0.3) is 5.91 Å². The van der Waals surface area contributed by atoms with Crippen LogP contribution in [0.5, 0.6) is 0 Å². The summed E-state index contributed by atoms with van der Waals surface area (Å²) in [5, 5.41) is 3.07. The summed E-state index contributed by atoms with van der Waals surface area (Å²) in [6, 6.07) is 17.6. The van der Waals surface area contributed by atoms with E-state index < -0.39 is 5.66 Å². The first-order valence-corrected chi connectivity index (χ1v) is 11.8. The van der Waals surface area contributed by atoms with Crippen molar-refractivity contribution >= 4 is 29.1 Å². The van der Waals surface area contributed by atoms with Crippen LogP contribution in [0.15, 0.2) is 54.6 Å². The molecule has 7 nitrogen and oxygen atoms in total. The Hall–Kier alpha value is -3.35. The van der Waals surface area contributed by atoms with Crippen molar-refractivity contribution in [2.24, 2.45) is 5.92 Å². The minimum Gasteiger partial charge on any atom is -0.371 e. The number of para-hydroxylation sites is 2. The molecule has 172 valence electrons. The number of carbonyl (C=O) groups excluding carboxylic acids is 3. The van der Waals surface area contributed by atoms with Crippen molar-refractivity contribution < 1.29 is 14.4 Å². The zero-order valence-electron chi connectivity index (χ0n) is 19.0. The Morgan fingerprint density at radius 1 is 1.09 bits per heavy atom. The van der Waals surface area contributed by atoms with Crippen molar-refractivity contribution in [3.63, 3.8) is 0 Å². The van der Waals surface area contributed by atoms with E-state index in [-0.39, 0.29) is 24.1 Å². The molecule has 2 atom stereocenters. The van der Waals surface area contributed by atoms with Crippen LogP contribution in [0.1, 0.15) is 43.0 Å². The molecule has 2 aromatic rings. The average molecular weight is 447 g/mol. The first-order valence-electron chi connectivity index (χ1n) is 11.8. The maximum Gasteiger partial charge on any atom is 0.257 e. The summed E-state index contributed by atoms with van der Waals surface area (Å²) in [6.07, 6.45) is 2.25. The predicted molar refractivity (Wildman–Crippen MR) is 127 cm³/mol. The van der Waals surface area contributed by atoms with Crippen molar-refractivity contribution in [3.05, 3.63) is 60.2 Å². The maximum absolute atomic E-state index is 13.3. The Bertz CT molecular complexity index is 1070. The molecule has 0 aromatic heterocycles. The monoisotopic (exact) mass is 446 g/mol. The van der Waals surface area contributed by atoms with Gasteiger partial charge in [-0.2, -0.15) is 0 Å². The third-order valence-corrected chi connectivity index (χ3v) is 7.30. The molecule has 3 heterocycles. The lowest BCUT2D eigenvalue weighted by Crippen LogP contribution is -2.62. The minimum atomic E-state index is -0.718. The van der Waals surface area contributed by atoms with Crippen LogP contribution >= 0.6 is 0 Å². The van der Waals surface area contributed by atoms with Gasteiger partial charge in [0.05, 0.1) is 11.3 Å². The number of hydrogen-bond donors (Lipinski definition) is 1. The highest BCUT2D eigenvalue weighted by atomic mass is 16.2. The summed E-state index contributed by atoms with van der Waals surface area (Å²) in [6.45, 7) is 4.79. The van der Waals surface area contributed by atoms with E-state index in [1.165, 1.54) is 5.69 Å². The summed E-state index contributed by atoms with van der Waals surface area (Å²) in [5.41, 5.74) is 1.71. The molecule has 0 saturated carbocycles. The molecule has 2 aromatic carbocycles. The van der Waals surface area contributed by atoms with Crippen LogP contribution in [0.4, 0.5) is 11.4 Å². The molecule has 2 saturated heterocycles. The molecule has 0 radical (unpaired) electrons. The fourth-order valence-corrected chi connectivity index (χ4v) is 5.47. The average Bonchev–Trinajstić information content (AvgIpc) is 3.43. The first kappa shape index (κ1) is 21.5. The quantitative estimate of drug-likeness (QED) is 0.740. The zero-order valence-corrected chi connectivity index (χ0v) is 19.0. The SMILES string of the molecule is C[C@@]12CCC(=O)N1c1ccccc1C(=O)N2CCC(=O)NC[C@@H]1CCN(c2ccccc2)C1. The van der Waals surface area contributed by atoms with E-state index in [9.17, 15) is 14.4 Å². The van der Waals surface area contributed by atoms with E-state index in [1.807, 2.05) is 43.3 Å². The smallest absolute Gasteiger partial charge is 0.257 e. The van der Waals surface area contributed by atoms with Crippen molar-refractivity contribution in [1.82, 2.24) is 10.2 Å². The van der Waals surface area contributed by atoms with Crippen LogP contribution in [0.3, 0.4) is 0 Å². The van der Waals surface area contributed by atoms with Crippen molar-refractivity contribution in [3.8, 4) is 0 Å². The van der Waals surface area contributed by atoms with Crippen LogP contribution in [0.25, 0.3) is 0 Å². The fraction of sp³-hybridized carbons (Fsp3) is 0.423. The number of benzene rings is 2. The lowest BCUT2D eigenvalue weighted by molar-refractivity contribution is -0.121. The van der Waals surface area contributed by atoms with Gasteiger partial charge >= 0.3 is 0 Å². The van der Waals surface area contributed by atoms with E-state index >= 15 is 0 Å². The van der Waals surface area contributed by atoms with Gasteiger partial charge < -0.3 is 15.1 Å². The number of anilines is 2. The van der Waals surface area contributed by atoms with Crippen LogP contribution in [0.2, 0.25) is 0 Å². The molecule has 0 aliphatic carbocycles. The van der Waals surface area contributed by atoms with Gasteiger partial charge in [0.1, 0.15) is 5.66 Å². The Morgan fingerprint density at radius 2 is 1.85 bits per heavy atom. The molecule has 2 fully saturated rings. The van der Waals surface area contributed by atoms with E-state index in [0.717, 1.165) is 19.5 Å². The summed E-state index contributed by atoms with van der Waals surface area (Å²) in [5.74, 6) is 0.273. The highest BCUT2D eigenvalue weighted by Gasteiger charge is 2.52. The normalized spacial score (nSPS) is 24.2. The summed E-state index contributed by atoms with van der Waals surface area (Å²) in [4.78, 5) is 44.4. The van der Waals surface area contributed by atoms with Gasteiger partial charge in [-0.05, 0) is 49.9 Å². The van der Waals surface area contributed by atoms with Crippen LogP contribution < -0.4 is 15.1 Å². The van der Waals surface area contributed by atoms with Gasteiger partial charge in [0, 0.05) is 44.7 Å². The molecule has 5 rings (SSSR count). The molecule has 3 aliphatic heterocycles.